The Morgan fingerprint density at radius 3 is 2.87 bits per heavy atom. The number of nitrogens with one attached hydrogen (secondary N) is 2. The lowest BCUT2D eigenvalue weighted by Crippen LogP contribution is -2.22. The fourth-order valence-electron chi connectivity index (χ4n) is 2.09. The quantitative estimate of drug-likeness (QED) is 0.461. The number of thiazole rings is 1. The maximum absolute atomic E-state index is 12.7. The maximum atomic E-state index is 12.7. The van der Waals surface area contributed by atoms with Crippen molar-refractivity contribution >= 4 is 65.8 Å². The zero-order chi connectivity index (χ0) is 16.6. The van der Waals surface area contributed by atoms with E-state index in [0.717, 1.165) is 31.2 Å². The van der Waals surface area contributed by atoms with Crippen molar-refractivity contribution in [2.45, 2.75) is 0 Å². The van der Waals surface area contributed by atoms with Crippen molar-refractivity contribution in [3.05, 3.63) is 48.9 Å². The molecule has 0 radical (unpaired) electrons. The van der Waals surface area contributed by atoms with Crippen molar-refractivity contribution in [1.29, 1.82) is 0 Å². The fraction of sp³-hybridized carbons (Fsp3) is 0.0714. The molecule has 1 amide bonds. The summed E-state index contributed by atoms with van der Waals surface area (Å²) in [7, 11) is 1.33. The number of benzene rings is 1. The minimum atomic E-state index is -0.493. The maximum Gasteiger partial charge on any atom is 0.294 e. The molecule has 2 N–H and O–H groups in total. The summed E-state index contributed by atoms with van der Waals surface area (Å²) >= 11 is 7.98. The Kier molecular flexibility index (Phi) is 4.62. The highest BCUT2D eigenvalue weighted by Crippen LogP contribution is 2.31. The largest absolute Gasteiger partial charge is 0.360 e. The van der Waals surface area contributed by atoms with Crippen LogP contribution in [0.25, 0.3) is 10.9 Å². The monoisotopic (exact) mass is 457 g/mol. The van der Waals surface area contributed by atoms with Gasteiger partial charge in [0.15, 0.2) is 5.01 Å². The van der Waals surface area contributed by atoms with Gasteiger partial charge in [-0.1, -0.05) is 15.9 Å². The highest BCUT2D eigenvalue weighted by Gasteiger charge is 2.20. The van der Waals surface area contributed by atoms with Gasteiger partial charge in [0.25, 0.3) is 5.91 Å². The first kappa shape index (κ1) is 16.3. The van der Waals surface area contributed by atoms with Gasteiger partial charge in [-0.2, -0.15) is 0 Å². The van der Waals surface area contributed by atoms with E-state index < -0.39 is 5.91 Å². The van der Waals surface area contributed by atoms with E-state index >= 15 is 0 Å². The Morgan fingerprint density at radius 1 is 1.35 bits per heavy atom. The molecule has 0 atom stereocenters. The number of carbonyl (C=O) groups excluding carboxylic acids is 2. The first-order chi connectivity index (χ1) is 11.0. The highest BCUT2D eigenvalue weighted by molar-refractivity contribution is 9.11. The molecular weight excluding hydrogens is 450 g/mol. The summed E-state index contributed by atoms with van der Waals surface area (Å²) in [5, 5.41) is 2.53. The van der Waals surface area contributed by atoms with Gasteiger partial charge in [-0.25, -0.2) is 10.5 Å². The zero-order valence-corrected chi connectivity index (χ0v) is 15.6. The summed E-state index contributed by atoms with van der Waals surface area (Å²) in [6.45, 7) is 0. The molecule has 0 spiro atoms. The molecule has 0 aliphatic heterocycles. The van der Waals surface area contributed by atoms with Gasteiger partial charge in [-0.15, -0.1) is 11.3 Å². The molecule has 1 aromatic carbocycles. The van der Waals surface area contributed by atoms with Gasteiger partial charge < -0.3 is 4.98 Å². The summed E-state index contributed by atoms with van der Waals surface area (Å²) in [6, 6.07) is 3.75. The Labute approximate surface area is 151 Å². The van der Waals surface area contributed by atoms with Crippen molar-refractivity contribution < 1.29 is 14.4 Å². The third-order valence-electron chi connectivity index (χ3n) is 3.08. The van der Waals surface area contributed by atoms with Crippen LogP contribution in [0.15, 0.2) is 32.7 Å². The number of fused-ring (bicyclic) bond motifs is 1. The lowest BCUT2D eigenvalue weighted by molar-refractivity contribution is 0.0533. The van der Waals surface area contributed by atoms with E-state index in [4.69, 9.17) is 0 Å². The van der Waals surface area contributed by atoms with E-state index in [2.05, 4.69) is 52.1 Å². The molecule has 0 aliphatic rings. The number of nitrogens with zero attached hydrogens (tertiary/aromatic N) is 1. The first-order valence-electron chi connectivity index (χ1n) is 6.31. The lowest BCUT2D eigenvalue weighted by Gasteiger charge is -1.99. The van der Waals surface area contributed by atoms with Crippen LogP contribution in [0.4, 0.5) is 0 Å². The Morgan fingerprint density at radius 2 is 2.13 bits per heavy atom. The van der Waals surface area contributed by atoms with Crippen LogP contribution in [0.2, 0.25) is 0 Å². The van der Waals surface area contributed by atoms with E-state index in [0.29, 0.717) is 5.56 Å². The summed E-state index contributed by atoms with van der Waals surface area (Å²) < 4.78 is 1.70. The summed E-state index contributed by atoms with van der Waals surface area (Å²) in [5.74, 6) is -0.741. The van der Waals surface area contributed by atoms with Crippen molar-refractivity contribution in [3.63, 3.8) is 0 Å². The Balaban J connectivity index is 2.00. The van der Waals surface area contributed by atoms with Crippen LogP contribution in [-0.4, -0.2) is 28.8 Å². The van der Waals surface area contributed by atoms with Crippen LogP contribution in [0.5, 0.6) is 0 Å². The second-order valence-electron chi connectivity index (χ2n) is 4.51. The number of hydroxylamine groups is 1. The van der Waals surface area contributed by atoms with E-state index in [1.165, 1.54) is 12.5 Å². The van der Waals surface area contributed by atoms with Crippen LogP contribution in [-0.2, 0) is 4.84 Å². The molecule has 2 heterocycles. The van der Waals surface area contributed by atoms with Crippen molar-refractivity contribution in [1.82, 2.24) is 15.4 Å². The van der Waals surface area contributed by atoms with Crippen LogP contribution in [0, 0.1) is 0 Å². The predicted octanol–water partition coefficient (Wildman–Crippen LogP) is 3.67. The van der Waals surface area contributed by atoms with Gasteiger partial charge in [-0.3, -0.25) is 14.4 Å². The van der Waals surface area contributed by atoms with Crippen LogP contribution >= 0.6 is 43.2 Å². The van der Waals surface area contributed by atoms with Crippen LogP contribution in [0.3, 0.4) is 0 Å². The average Bonchev–Trinajstić information content (AvgIpc) is 3.13. The second-order valence-corrected chi connectivity index (χ2v) is 7.14. The van der Waals surface area contributed by atoms with Crippen molar-refractivity contribution in [2.24, 2.45) is 0 Å². The normalized spacial score (nSPS) is 10.9. The number of amides is 1. The SMILES string of the molecule is CONC(=O)c1csc(C(=O)c2c[nH]c3c(Br)cc(Br)cc23)n1. The standard InChI is InChI=1S/C14H9Br2N3O3S/c1-22-19-13(21)10-5-23-14(18-10)12(20)8-4-17-11-7(8)2-6(15)3-9(11)16/h2-5,17H,1H3,(H,19,21). The lowest BCUT2D eigenvalue weighted by atomic mass is 10.1. The molecule has 0 unspecified atom stereocenters. The van der Waals surface area contributed by atoms with E-state index in [1.807, 2.05) is 12.1 Å². The van der Waals surface area contributed by atoms with E-state index in [1.54, 1.807) is 6.20 Å². The molecule has 0 bridgehead atoms. The Bertz CT molecular complexity index is 919. The predicted molar refractivity (Wildman–Crippen MR) is 93.7 cm³/mol. The minimum absolute atomic E-state index is 0.141. The van der Waals surface area contributed by atoms with E-state index in [-0.39, 0.29) is 16.5 Å². The third-order valence-corrected chi connectivity index (χ3v) is 5.00. The van der Waals surface area contributed by atoms with Crippen molar-refractivity contribution in [3.8, 4) is 0 Å². The molecule has 0 saturated carbocycles. The topological polar surface area (TPSA) is 84.1 Å². The molecule has 2 aromatic heterocycles. The summed E-state index contributed by atoms with van der Waals surface area (Å²) in [5.41, 5.74) is 3.63. The Hall–Kier alpha value is -1.55. The van der Waals surface area contributed by atoms with Gasteiger partial charge in [0.05, 0.1) is 18.2 Å². The first-order valence-corrected chi connectivity index (χ1v) is 8.77. The van der Waals surface area contributed by atoms with Gasteiger partial charge in [0, 0.05) is 25.9 Å². The molecule has 3 rings (SSSR count). The molecule has 118 valence electrons. The number of aromatic nitrogens is 2. The molecule has 9 heteroatoms. The molecule has 3 aromatic rings. The number of ketones is 1. The molecule has 0 fully saturated rings. The number of rotatable bonds is 4. The summed E-state index contributed by atoms with van der Waals surface area (Å²) in [4.78, 5) is 36.0. The fourth-order valence-corrected chi connectivity index (χ4v) is 4.18. The number of H-pyrrole nitrogens is 1. The van der Waals surface area contributed by atoms with Gasteiger partial charge in [-0.05, 0) is 28.1 Å². The third kappa shape index (κ3) is 3.09. The van der Waals surface area contributed by atoms with Crippen LogP contribution in [0.1, 0.15) is 25.9 Å². The summed E-state index contributed by atoms with van der Waals surface area (Å²) in [6.07, 6.45) is 1.64. The number of hydrogen-bond acceptors (Lipinski definition) is 5. The molecule has 6 nitrogen and oxygen atoms in total. The zero-order valence-electron chi connectivity index (χ0n) is 11.6. The minimum Gasteiger partial charge on any atom is -0.360 e. The second kappa shape index (κ2) is 6.52. The van der Waals surface area contributed by atoms with E-state index in [9.17, 15) is 9.59 Å². The van der Waals surface area contributed by atoms with Gasteiger partial charge in [0.2, 0.25) is 5.78 Å². The van der Waals surface area contributed by atoms with Crippen LogP contribution < -0.4 is 5.48 Å². The molecule has 0 saturated heterocycles. The number of aromatic amines is 1. The molecular formula is C14H9Br2N3O3S. The highest BCUT2D eigenvalue weighted by atomic mass is 79.9. The molecule has 0 aliphatic carbocycles. The van der Waals surface area contributed by atoms with Gasteiger partial charge in [0.1, 0.15) is 5.69 Å². The van der Waals surface area contributed by atoms with Gasteiger partial charge >= 0.3 is 0 Å². The number of halogens is 2. The number of hydrogen-bond donors (Lipinski definition) is 2. The van der Waals surface area contributed by atoms with Crippen molar-refractivity contribution in [2.75, 3.05) is 7.11 Å². The average molecular weight is 459 g/mol. The number of carbonyl (C=O) groups is 2. The molecule has 23 heavy (non-hydrogen) atoms. The smallest absolute Gasteiger partial charge is 0.294 e.